The molecule has 0 saturated carbocycles. The standard InChI is InChI=1S/C19H20Cl2N2O2/c1-19(2)18(24)23(3)17-14(10-20)12(6-7-15(17)22-19)13-9-11(21)5-8-16(13)25-4/h5-9,22H,10H2,1-4H3. The first-order valence-corrected chi connectivity index (χ1v) is 8.83. The predicted octanol–water partition coefficient (Wildman–Crippen LogP) is 4.92. The number of carbonyl (C=O) groups excluding carboxylic acids is 1. The van der Waals surface area contributed by atoms with Gasteiger partial charge in [0, 0.05) is 23.2 Å². The van der Waals surface area contributed by atoms with E-state index in [4.69, 9.17) is 27.9 Å². The number of methoxy groups -OCH3 is 1. The predicted molar refractivity (Wildman–Crippen MR) is 104 cm³/mol. The number of ether oxygens (including phenoxy) is 1. The molecule has 4 nitrogen and oxygen atoms in total. The smallest absolute Gasteiger partial charge is 0.251 e. The van der Waals surface area contributed by atoms with Gasteiger partial charge in [-0.05, 0) is 43.7 Å². The summed E-state index contributed by atoms with van der Waals surface area (Å²) in [5.74, 6) is 0.948. The molecule has 0 fully saturated rings. The Morgan fingerprint density at radius 2 is 1.92 bits per heavy atom. The third-order valence-corrected chi connectivity index (χ3v) is 4.99. The molecule has 0 aromatic heterocycles. The highest BCUT2D eigenvalue weighted by Gasteiger charge is 2.38. The molecule has 0 radical (unpaired) electrons. The molecule has 0 unspecified atom stereocenters. The average Bonchev–Trinajstić information content (AvgIpc) is 2.58. The Morgan fingerprint density at radius 1 is 1.20 bits per heavy atom. The van der Waals surface area contributed by atoms with Crippen LogP contribution in [0.3, 0.4) is 0 Å². The van der Waals surface area contributed by atoms with E-state index in [-0.39, 0.29) is 11.8 Å². The molecule has 1 N–H and O–H groups in total. The van der Waals surface area contributed by atoms with Crippen molar-refractivity contribution in [3.8, 4) is 16.9 Å². The Morgan fingerprint density at radius 3 is 2.56 bits per heavy atom. The third kappa shape index (κ3) is 2.94. The highest BCUT2D eigenvalue weighted by molar-refractivity contribution is 6.31. The molecular weight excluding hydrogens is 359 g/mol. The number of likely N-dealkylation sites (N-methyl/N-ethyl adjacent to an activating group) is 1. The largest absolute Gasteiger partial charge is 0.496 e. The molecule has 0 bridgehead atoms. The molecule has 3 rings (SSSR count). The quantitative estimate of drug-likeness (QED) is 0.770. The molecule has 0 spiro atoms. The van der Waals surface area contributed by atoms with Crippen molar-refractivity contribution in [3.05, 3.63) is 40.9 Å². The van der Waals surface area contributed by atoms with Crippen LogP contribution >= 0.6 is 23.2 Å². The van der Waals surface area contributed by atoms with Crippen molar-refractivity contribution in [1.29, 1.82) is 0 Å². The maximum atomic E-state index is 12.7. The van der Waals surface area contributed by atoms with Crippen LogP contribution in [-0.2, 0) is 10.7 Å². The number of carbonyl (C=O) groups is 1. The van der Waals surface area contributed by atoms with Gasteiger partial charge in [0.1, 0.15) is 11.3 Å². The zero-order valence-electron chi connectivity index (χ0n) is 14.6. The lowest BCUT2D eigenvalue weighted by molar-refractivity contribution is -0.121. The van der Waals surface area contributed by atoms with Gasteiger partial charge in [-0.15, -0.1) is 11.6 Å². The number of fused-ring (bicyclic) bond motifs is 1. The lowest BCUT2D eigenvalue weighted by atomic mass is 9.92. The van der Waals surface area contributed by atoms with Crippen LogP contribution in [0.4, 0.5) is 11.4 Å². The summed E-state index contributed by atoms with van der Waals surface area (Å²) in [5.41, 5.74) is 3.61. The van der Waals surface area contributed by atoms with Crippen molar-refractivity contribution in [2.45, 2.75) is 25.3 Å². The van der Waals surface area contributed by atoms with Gasteiger partial charge in [-0.3, -0.25) is 4.79 Å². The summed E-state index contributed by atoms with van der Waals surface area (Å²) in [6.45, 7) is 3.73. The summed E-state index contributed by atoms with van der Waals surface area (Å²) < 4.78 is 5.48. The number of benzene rings is 2. The number of halogens is 2. The fourth-order valence-corrected chi connectivity index (χ4v) is 3.75. The number of amides is 1. The summed E-state index contributed by atoms with van der Waals surface area (Å²) >= 11 is 12.5. The summed E-state index contributed by atoms with van der Waals surface area (Å²) in [6, 6.07) is 9.40. The van der Waals surface area contributed by atoms with Crippen LogP contribution in [0.2, 0.25) is 5.02 Å². The van der Waals surface area contributed by atoms with E-state index in [0.717, 1.165) is 28.1 Å². The van der Waals surface area contributed by atoms with Crippen LogP contribution in [0.5, 0.6) is 5.75 Å². The fraction of sp³-hybridized carbons (Fsp3) is 0.316. The van der Waals surface area contributed by atoms with Crippen molar-refractivity contribution in [2.75, 3.05) is 24.4 Å². The van der Waals surface area contributed by atoms with Crippen molar-refractivity contribution in [1.82, 2.24) is 0 Å². The lowest BCUT2D eigenvalue weighted by Gasteiger charge is -2.39. The molecule has 6 heteroatoms. The summed E-state index contributed by atoms with van der Waals surface area (Å²) in [7, 11) is 3.39. The zero-order valence-corrected chi connectivity index (χ0v) is 16.1. The maximum absolute atomic E-state index is 12.7. The Balaban J connectivity index is 2.26. The number of hydrogen-bond donors (Lipinski definition) is 1. The average molecular weight is 379 g/mol. The summed E-state index contributed by atoms with van der Waals surface area (Å²) in [4.78, 5) is 14.3. The van der Waals surface area contributed by atoms with Crippen LogP contribution in [0.1, 0.15) is 19.4 Å². The number of nitrogens with one attached hydrogen (secondary N) is 1. The molecule has 0 atom stereocenters. The van der Waals surface area contributed by atoms with E-state index in [9.17, 15) is 4.79 Å². The highest BCUT2D eigenvalue weighted by atomic mass is 35.5. The number of rotatable bonds is 3. The van der Waals surface area contributed by atoms with Crippen LogP contribution in [0, 0.1) is 0 Å². The monoisotopic (exact) mass is 378 g/mol. The minimum Gasteiger partial charge on any atom is -0.496 e. The SMILES string of the molecule is COc1ccc(Cl)cc1-c1ccc2c(c1CCl)N(C)C(=O)C(C)(C)N2. The van der Waals surface area contributed by atoms with Gasteiger partial charge in [-0.1, -0.05) is 17.7 Å². The van der Waals surface area contributed by atoms with Crippen LogP contribution in [0.25, 0.3) is 11.1 Å². The van der Waals surface area contributed by atoms with E-state index in [1.54, 1.807) is 25.1 Å². The van der Waals surface area contributed by atoms with Crippen molar-refractivity contribution in [2.24, 2.45) is 0 Å². The molecule has 1 aliphatic rings. The van der Waals surface area contributed by atoms with E-state index < -0.39 is 5.54 Å². The van der Waals surface area contributed by atoms with Crippen molar-refractivity contribution >= 4 is 40.5 Å². The molecule has 1 aliphatic heterocycles. The molecule has 0 saturated heterocycles. The molecular formula is C19H20Cl2N2O2. The minimum atomic E-state index is -0.666. The number of hydrogen-bond acceptors (Lipinski definition) is 3. The van der Waals surface area contributed by atoms with Crippen molar-refractivity contribution < 1.29 is 9.53 Å². The van der Waals surface area contributed by atoms with E-state index in [0.29, 0.717) is 10.8 Å². The van der Waals surface area contributed by atoms with Gasteiger partial charge >= 0.3 is 0 Å². The van der Waals surface area contributed by atoms with Gasteiger partial charge in [0.05, 0.1) is 24.4 Å². The molecule has 2 aromatic rings. The van der Waals surface area contributed by atoms with Gasteiger partial charge in [-0.25, -0.2) is 0 Å². The van der Waals surface area contributed by atoms with E-state index >= 15 is 0 Å². The fourth-order valence-electron chi connectivity index (χ4n) is 3.31. The van der Waals surface area contributed by atoms with E-state index in [1.807, 2.05) is 38.1 Å². The first-order chi connectivity index (χ1) is 11.8. The van der Waals surface area contributed by atoms with Gasteiger partial charge in [0.25, 0.3) is 5.91 Å². The molecule has 132 valence electrons. The molecule has 2 aromatic carbocycles. The lowest BCUT2D eigenvalue weighted by Crippen LogP contribution is -2.52. The first kappa shape index (κ1) is 17.9. The Kier molecular flexibility index (Phi) is 4.60. The van der Waals surface area contributed by atoms with Crippen LogP contribution in [0.15, 0.2) is 30.3 Å². The van der Waals surface area contributed by atoms with Crippen LogP contribution < -0.4 is 15.0 Å². The van der Waals surface area contributed by atoms with Gasteiger partial charge in [-0.2, -0.15) is 0 Å². The topological polar surface area (TPSA) is 41.6 Å². The van der Waals surface area contributed by atoms with Gasteiger partial charge in [0.2, 0.25) is 0 Å². The van der Waals surface area contributed by atoms with E-state index in [1.165, 1.54) is 0 Å². The first-order valence-electron chi connectivity index (χ1n) is 7.92. The summed E-state index contributed by atoms with van der Waals surface area (Å²) in [6.07, 6.45) is 0. The Hall–Kier alpha value is -1.91. The third-order valence-electron chi connectivity index (χ3n) is 4.49. The van der Waals surface area contributed by atoms with E-state index in [2.05, 4.69) is 5.32 Å². The van der Waals surface area contributed by atoms with Crippen LogP contribution in [-0.4, -0.2) is 25.6 Å². The number of alkyl halides is 1. The molecule has 1 heterocycles. The second-order valence-electron chi connectivity index (χ2n) is 6.58. The second-order valence-corrected chi connectivity index (χ2v) is 7.28. The normalized spacial score (nSPS) is 15.6. The number of anilines is 2. The molecule has 0 aliphatic carbocycles. The maximum Gasteiger partial charge on any atom is 0.251 e. The van der Waals surface area contributed by atoms with Crippen molar-refractivity contribution in [3.63, 3.8) is 0 Å². The molecule has 1 amide bonds. The molecule has 25 heavy (non-hydrogen) atoms. The van der Waals surface area contributed by atoms with Gasteiger partial charge < -0.3 is 15.0 Å². The zero-order chi connectivity index (χ0) is 18.4. The minimum absolute atomic E-state index is 0.0124. The number of nitrogens with zero attached hydrogens (tertiary/aromatic N) is 1. The highest BCUT2D eigenvalue weighted by Crippen LogP contribution is 2.44. The Bertz CT molecular complexity index is 850. The van der Waals surface area contributed by atoms with Gasteiger partial charge in [0.15, 0.2) is 0 Å². The Labute approximate surface area is 157 Å². The summed E-state index contributed by atoms with van der Waals surface area (Å²) in [5, 5.41) is 3.91. The second kappa shape index (κ2) is 6.43.